The third-order valence-corrected chi connectivity index (χ3v) is 1.62. The maximum absolute atomic E-state index is 10.6. The topological polar surface area (TPSA) is 74.4 Å². The second-order valence-corrected chi connectivity index (χ2v) is 2.35. The van der Waals surface area contributed by atoms with Gasteiger partial charge in [-0.2, -0.15) is 0 Å². The zero-order valence-electron chi connectivity index (χ0n) is 6.01. The number of aliphatic carboxylic acids is 1. The highest BCUT2D eigenvalue weighted by atomic mass is 16.4. The van der Waals surface area contributed by atoms with Crippen LogP contribution >= 0.6 is 0 Å². The Morgan fingerprint density at radius 2 is 2.42 bits per heavy atom. The molecule has 12 heavy (non-hydrogen) atoms. The molecular formula is C7H5N3O2. The van der Waals surface area contributed by atoms with Gasteiger partial charge < -0.3 is 5.11 Å². The van der Waals surface area contributed by atoms with Gasteiger partial charge in [0.25, 0.3) is 0 Å². The molecule has 0 amide bonds. The molecule has 0 spiro atoms. The summed E-state index contributed by atoms with van der Waals surface area (Å²) in [5.74, 6) is -0.999. The van der Waals surface area contributed by atoms with E-state index in [0.29, 0.717) is 11.4 Å². The Morgan fingerprint density at radius 1 is 1.58 bits per heavy atom. The maximum Gasteiger partial charge on any atom is 0.334 e. The molecule has 0 aromatic rings. The van der Waals surface area contributed by atoms with Crippen molar-refractivity contribution in [1.29, 1.82) is 0 Å². The molecule has 0 bridgehead atoms. The maximum atomic E-state index is 10.6. The number of hydrogen-bond donors (Lipinski definition) is 1. The quantitative estimate of drug-likeness (QED) is 0.585. The third kappa shape index (κ3) is 0.868. The Bertz CT molecular complexity index is 352. The molecule has 60 valence electrons. The van der Waals surface area contributed by atoms with Crippen LogP contribution in [-0.2, 0) is 4.79 Å². The second-order valence-electron chi connectivity index (χ2n) is 2.35. The Hall–Kier alpha value is -1.78. The van der Waals surface area contributed by atoms with Crippen LogP contribution in [0.15, 0.2) is 26.8 Å². The van der Waals surface area contributed by atoms with Crippen molar-refractivity contribution >= 4 is 24.2 Å². The molecule has 0 saturated carbocycles. The zero-order chi connectivity index (χ0) is 8.55. The average Bonchev–Trinajstić information content (AvgIpc) is 2.49. The number of fused-ring (bicyclic) bond motifs is 1. The number of dihydropyridines is 1. The Morgan fingerprint density at radius 3 is 3.17 bits per heavy atom. The molecule has 2 rings (SSSR count). The summed E-state index contributed by atoms with van der Waals surface area (Å²) < 4.78 is 0. The second kappa shape index (κ2) is 2.37. The van der Waals surface area contributed by atoms with Crippen molar-refractivity contribution < 1.29 is 9.90 Å². The van der Waals surface area contributed by atoms with E-state index in [2.05, 4.69) is 15.0 Å². The normalized spacial score (nSPS) is 24.8. The van der Waals surface area contributed by atoms with Gasteiger partial charge in [0, 0.05) is 6.21 Å². The Balaban J connectivity index is 2.39. The molecule has 0 radical (unpaired) electrons. The Kier molecular flexibility index (Phi) is 1.36. The molecule has 2 aliphatic heterocycles. The average molecular weight is 163 g/mol. The fourth-order valence-electron chi connectivity index (χ4n) is 1.08. The van der Waals surface area contributed by atoms with E-state index in [4.69, 9.17) is 5.11 Å². The summed E-state index contributed by atoms with van der Waals surface area (Å²) in [6.07, 6.45) is 4.42. The smallest absolute Gasteiger partial charge is 0.334 e. The van der Waals surface area contributed by atoms with E-state index in [1.54, 1.807) is 6.08 Å². The minimum atomic E-state index is -0.999. The number of aliphatic imine (C=N–C) groups is 3. The van der Waals surface area contributed by atoms with Gasteiger partial charge in [-0.15, -0.1) is 0 Å². The number of nitrogens with zero attached hydrogens (tertiary/aromatic N) is 3. The highest BCUT2D eigenvalue weighted by Crippen LogP contribution is 2.14. The van der Waals surface area contributed by atoms with Gasteiger partial charge in [-0.05, 0) is 6.08 Å². The van der Waals surface area contributed by atoms with Crippen LogP contribution in [0, 0.1) is 0 Å². The van der Waals surface area contributed by atoms with Crippen molar-refractivity contribution in [3.8, 4) is 0 Å². The lowest BCUT2D eigenvalue weighted by Crippen LogP contribution is -2.30. The van der Waals surface area contributed by atoms with Crippen molar-refractivity contribution in [2.24, 2.45) is 15.0 Å². The third-order valence-electron chi connectivity index (χ3n) is 1.62. The molecule has 2 heterocycles. The van der Waals surface area contributed by atoms with E-state index in [1.807, 2.05) is 0 Å². The number of carboxylic acid groups (broad SMARTS) is 1. The SMILES string of the molecule is O=C(O)C1N=CC=C2N=CN=C21. The van der Waals surface area contributed by atoms with Crippen LogP contribution in [0.5, 0.6) is 0 Å². The first-order valence-corrected chi connectivity index (χ1v) is 3.36. The predicted octanol–water partition coefficient (Wildman–Crippen LogP) is -0.109. The van der Waals surface area contributed by atoms with Crippen LogP contribution in [0.4, 0.5) is 0 Å². The molecule has 5 nitrogen and oxygen atoms in total. The van der Waals surface area contributed by atoms with Crippen molar-refractivity contribution in [1.82, 2.24) is 0 Å². The number of carbonyl (C=O) groups is 1. The predicted molar refractivity (Wildman–Crippen MR) is 43.9 cm³/mol. The van der Waals surface area contributed by atoms with E-state index in [0.717, 1.165) is 0 Å². The summed E-state index contributed by atoms with van der Waals surface area (Å²) in [6, 6.07) is -0.882. The monoisotopic (exact) mass is 163 g/mol. The summed E-state index contributed by atoms with van der Waals surface area (Å²) in [4.78, 5) is 22.1. The van der Waals surface area contributed by atoms with Gasteiger partial charge in [0.2, 0.25) is 0 Å². The van der Waals surface area contributed by atoms with Gasteiger partial charge in [0.05, 0.1) is 5.70 Å². The first-order valence-electron chi connectivity index (χ1n) is 3.36. The molecule has 5 heteroatoms. The lowest BCUT2D eigenvalue weighted by Gasteiger charge is -2.10. The van der Waals surface area contributed by atoms with Gasteiger partial charge in [-0.25, -0.2) is 14.8 Å². The van der Waals surface area contributed by atoms with Gasteiger partial charge >= 0.3 is 5.97 Å². The fraction of sp³-hybridized carbons (Fsp3) is 0.143. The molecule has 2 aliphatic rings. The van der Waals surface area contributed by atoms with E-state index >= 15 is 0 Å². The van der Waals surface area contributed by atoms with Crippen LogP contribution in [-0.4, -0.2) is 35.4 Å². The molecule has 1 atom stereocenters. The molecule has 0 aliphatic carbocycles. The number of carboxylic acids is 1. The standard InChI is InChI=1S/C7H5N3O2/c11-7(12)6-5-4(1-2-8-6)9-3-10-5/h1-3,6H,(H,11,12). The lowest BCUT2D eigenvalue weighted by atomic mass is 10.1. The van der Waals surface area contributed by atoms with Gasteiger partial charge in [-0.1, -0.05) is 0 Å². The van der Waals surface area contributed by atoms with Crippen LogP contribution in [0.2, 0.25) is 0 Å². The van der Waals surface area contributed by atoms with Crippen molar-refractivity contribution in [3.63, 3.8) is 0 Å². The molecule has 0 fully saturated rings. The summed E-state index contributed by atoms with van der Waals surface area (Å²) in [6.45, 7) is 0. The van der Waals surface area contributed by atoms with Crippen LogP contribution in [0.25, 0.3) is 0 Å². The van der Waals surface area contributed by atoms with Gasteiger partial charge in [-0.3, -0.25) is 4.99 Å². The minimum Gasteiger partial charge on any atom is -0.479 e. The first kappa shape index (κ1) is 6.90. The van der Waals surface area contributed by atoms with E-state index in [1.165, 1.54) is 12.6 Å². The number of rotatable bonds is 1. The van der Waals surface area contributed by atoms with Crippen molar-refractivity contribution in [2.45, 2.75) is 6.04 Å². The fourth-order valence-corrected chi connectivity index (χ4v) is 1.08. The number of hydrogen-bond acceptors (Lipinski definition) is 4. The number of allylic oxidation sites excluding steroid dienone is 1. The van der Waals surface area contributed by atoms with Crippen molar-refractivity contribution in [2.75, 3.05) is 0 Å². The van der Waals surface area contributed by atoms with Gasteiger partial charge in [0.1, 0.15) is 12.1 Å². The van der Waals surface area contributed by atoms with Crippen molar-refractivity contribution in [3.05, 3.63) is 11.8 Å². The molecular weight excluding hydrogens is 158 g/mol. The molecule has 0 aromatic heterocycles. The summed E-state index contributed by atoms with van der Waals surface area (Å²) >= 11 is 0. The molecule has 0 saturated heterocycles. The highest BCUT2D eigenvalue weighted by molar-refractivity contribution is 6.22. The van der Waals surface area contributed by atoms with Crippen LogP contribution in [0.1, 0.15) is 0 Å². The van der Waals surface area contributed by atoms with E-state index in [-0.39, 0.29) is 0 Å². The Labute approximate surface area is 67.9 Å². The molecule has 0 aromatic carbocycles. The first-order chi connectivity index (χ1) is 5.79. The van der Waals surface area contributed by atoms with Crippen LogP contribution < -0.4 is 0 Å². The van der Waals surface area contributed by atoms with E-state index in [9.17, 15) is 4.79 Å². The summed E-state index contributed by atoms with van der Waals surface area (Å²) in [5.41, 5.74) is 1.02. The summed E-state index contributed by atoms with van der Waals surface area (Å²) in [7, 11) is 0. The zero-order valence-corrected chi connectivity index (χ0v) is 6.01. The molecule has 1 N–H and O–H groups in total. The lowest BCUT2D eigenvalue weighted by molar-refractivity contribution is -0.136. The molecule has 1 unspecified atom stereocenters. The highest BCUT2D eigenvalue weighted by Gasteiger charge is 2.28. The van der Waals surface area contributed by atoms with Gasteiger partial charge in [0.15, 0.2) is 6.04 Å². The largest absolute Gasteiger partial charge is 0.479 e. The van der Waals surface area contributed by atoms with E-state index < -0.39 is 12.0 Å². The summed E-state index contributed by atoms with van der Waals surface area (Å²) in [5, 5.41) is 8.71. The minimum absolute atomic E-state index is 0.421. The van der Waals surface area contributed by atoms with Crippen LogP contribution in [0.3, 0.4) is 0 Å².